The molecule has 0 bridgehead atoms. The molecular weight excluding hydrogens is 246 g/mol. The van der Waals surface area contributed by atoms with Gasteiger partial charge in [0.05, 0.1) is 5.92 Å². The third kappa shape index (κ3) is 2.22. The van der Waals surface area contributed by atoms with Gasteiger partial charge in [-0.05, 0) is 30.0 Å². The van der Waals surface area contributed by atoms with E-state index in [1.807, 2.05) is 18.0 Å². The molecule has 1 amide bonds. The molecule has 20 heavy (non-hydrogen) atoms. The van der Waals surface area contributed by atoms with Crippen LogP contribution in [0.5, 0.6) is 0 Å². The number of rotatable bonds is 1. The second-order valence-electron chi connectivity index (χ2n) is 5.55. The van der Waals surface area contributed by atoms with Gasteiger partial charge in [0.1, 0.15) is 0 Å². The minimum absolute atomic E-state index is 0.167. The normalized spacial score (nSPS) is 18.6. The van der Waals surface area contributed by atoms with Crippen LogP contribution in [0, 0.1) is 6.92 Å². The summed E-state index contributed by atoms with van der Waals surface area (Å²) in [6.45, 7) is 2.86. The molecule has 2 aromatic carbocycles. The van der Waals surface area contributed by atoms with E-state index in [0.29, 0.717) is 0 Å². The van der Waals surface area contributed by atoms with Crippen LogP contribution in [0.15, 0.2) is 48.5 Å². The number of nitrogens with zero attached hydrogens (tertiary/aromatic N) is 1. The van der Waals surface area contributed by atoms with E-state index >= 15 is 0 Å². The fourth-order valence-corrected chi connectivity index (χ4v) is 2.88. The lowest BCUT2D eigenvalue weighted by molar-refractivity contribution is -0.130. The molecule has 0 radical (unpaired) electrons. The summed E-state index contributed by atoms with van der Waals surface area (Å²) in [7, 11) is 1.90. The maximum absolute atomic E-state index is 12.7. The van der Waals surface area contributed by atoms with E-state index in [1.165, 1.54) is 11.1 Å². The van der Waals surface area contributed by atoms with E-state index in [1.54, 1.807) is 0 Å². The fraction of sp³-hybridized carbons (Fsp3) is 0.278. The zero-order valence-electron chi connectivity index (χ0n) is 12.0. The SMILES string of the molecule is Cc1ccc([C@@H]2C(=O)N(C)CCc3ccccc32)cc1. The van der Waals surface area contributed by atoms with Crippen LogP contribution in [0.1, 0.15) is 28.2 Å². The highest BCUT2D eigenvalue weighted by Crippen LogP contribution is 2.32. The van der Waals surface area contributed by atoms with E-state index in [4.69, 9.17) is 0 Å². The Hall–Kier alpha value is -2.09. The molecule has 102 valence electrons. The summed E-state index contributed by atoms with van der Waals surface area (Å²) in [6, 6.07) is 16.6. The van der Waals surface area contributed by atoms with Crippen LogP contribution in [-0.2, 0) is 11.2 Å². The van der Waals surface area contributed by atoms with Crippen LogP contribution in [0.2, 0.25) is 0 Å². The molecule has 0 saturated heterocycles. The van der Waals surface area contributed by atoms with Gasteiger partial charge in [-0.25, -0.2) is 0 Å². The Balaban J connectivity index is 2.14. The zero-order valence-corrected chi connectivity index (χ0v) is 12.0. The first kappa shape index (κ1) is 12.9. The monoisotopic (exact) mass is 265 g/mol. The van der Waals surface area contributed by atoms with Crippen molar-refractivity contribution < 1.29 is 4.79 Å². The van der Waals surface area contributed by atoms with Crippen LogP contribution in [0.3, 0.4) is 0 Å². The van der Waals surface area contributed by atoms with Crippen molar-refractivity contribution in [3.8, 4) is 0 Å². The van der Waals surface area contributed by atoms with Gasteiger partial charge < -0.3 is 4.90 Å². The first-order chi connectivity index (χ1) is 9.66. The van der Waals surface area contributed by atoms with Crippen molar-refractivity contribution in [1.82, 2.24) is 4.90 Å². The Kier molecular flexibility index (Phi) is 3.31. The van der Waals surface area contributed by atoms with E-state index in [0.717, 1.165) is 24.1 Å². The quantitative estimate of drug-likeness (QED) is 0.775. The van der Waals surface area contributed by atoms with Crippen LogP contribution in [0.25, 0.3) is 0 Å². The molecule has 2 heteroatoms. The van der Waals surface area contributed by atoms with Gasteiger partial charge in [-0.15, -0.1) is 0 Å². The molecule has 0 aliphatic carbocycles. The maximum Gasteiger partial charge on any atom is 0.234 e. The number of carbonyl (C=O) groups excluding carboxylic acids is 1. The number of hydrogen-bond donors (Lipinski definition) is 0. The van der Waals surface area contributed by atoms with Crippen molar-refractivity contribution >= 4 is 5.91 Å². The highest BCUT2D eigenvalue weighted by atomic mass is 16.2. The van der Waals surface area contributed by atoms with E-state index in [9.17, 15) is 4.79 Å². The van der Waals surface area contributed by atoms with Gasteiger partial charge in [0.2, 0.25) is 5.91 Å². The molecule has 0 unspecified atom stereocenters. The highest BCUT2D eigenvalue weighted by Gasteiger charge is 2.29. The summed E-state index contributed by atoms with van der Waals surface area (Å²) < 4.78 is 0. The summed E-state index contributed by atoms with van der Waals surface area (Å²) in [4.78, 5) is 14.6. The third-order valence-corrected chi connectivity index (χ3v) is 4.12. The molecule has 1 atom stereocenters. The minimum atomic E-state index is -0.167. The lowest BCUT2D eigenvalue weighted by Gasteiger charge is -2.21. The van der Waals surface area contributed by atoms with Crippen LogP contribution in [-0.4, -0.2) is 24.4 Å². The standard InChI is InChI=1S/C18H19NO/c1-13-7-9-15(10-8-13)17-16-6-4-3-5-14(16)11-12-19(2)18(17)20/h3-10,17H,11-12H2,1-2H3/t17-/m0/s1. The molecule has 2 nitrogen and oxygen atoms in total. The number of hydrogen-bond acceptors (Lipinski definition) is 1. The summed E-state index contributed by atoms with van der Waals surface area (Å²) >= 11 is 0. The van der Waals surface area contributed by atoms with Crippen molar-refractivity contribution in [3.05, 3.63) is 70.8 Å². The molecule has 0 aromatic heterocycles. The minimum Gasteiger partial charge on any atom is -0.345 e. The summed E-state index contributed by atoms with van der Waals surface area (Å²) in [6.07, 6.45) is 0.931. The van der Waals surface area contributed by atoms with Crippen LogP contribution >= 0.6 is 0 Å². The molecule has 1 heterocycles. The maximum atomic E-state index is 12.7. The largest absolute Gasteiger partial charge is 0.345 e. The van der Waals surface area contributed by atoms with E-state index in [-0.39, 0.29) is 11.8 Å². The van der Waals surface area contributed by atoms with Gasteiger partial charge >= 0.3 is 0 Å². The summed E-state index contributed by atoms with van der Waals surface area (Å²) in [5.74, 6) is 0.0260. The Labute approximate surface area is 120 Å². The van der Waals surface area contributed by atoms with Gasteiger partial charge in [0.25, 0.3) is 0 Å². The third-order valence-electron chi connectivity index (χ3n) is 4.12. The highest BCUT2D eigenvalue weighted by molar-refractivity contribution is 5.88. The lowest BCUT2D eigenvalue weighted by Crippen LogP contribution is -2.31. The number of likely N-dealkylation sites (N-methyl/N-ethyl adjacent to an activating group) is 1. The van der Waals surface area contributed by atoms with Gasteiger partial charge in [-0.3, -0.25) is 4.79 Å². The average molecular weight is 265 g/mol. The van der Waals surface area contributed by atoms with Gasteiger partial charge in [0.15, 0.2) is 0 Å². The molecule has 3 rings (SSSR count). The van der Waals surface area contributed by atoms with Gasteiger partial charge in [-0.1, -0.05) is 54.1 Å². The first-order valence-electron chi connectivity index (χ1n) is 7.06. The number of carbonyl (C=O) groups is 1. The van der Waals surface area contributed by atoms with Crippen molar-refractivity contribution in [2.75, 3.05) is 13.6 Å². The smallest absolute Gasteiger partial charge is 0.234 e. The summed E-state index contributed by atoms with van der Waals surface area (Å²) in [5.41, 5.74) is 4.75. The Morgan fingerprint density at radius 1 is 1.05 bits per heavy atom. The molecular formula is C18H19NO. The van der Waals surface area contributed by atoms with Crippen molar-refractivity contribution in [2.45, 2.75) is 19.3 Å². The zero-order chi connectivity index (χ0) is 14.1. The molecule has 1 aliphatic rings. The molecule has 0 spiro atoms. The molecule has 0 fully saturated rings. The van der Waals surface area contributed by atoms with Crippen LogP contribution < -0.4 is 0 Å². The second-order valence-corrected chi connectivity index (χ2v) is 5.55. The molecule has 1 aliphatic heterocycles. The Bertz CT molecular complexity index is 630. The number of fused-ring (bicyclic) bond motifs is 1. The van der Waals surface area contributed by atoms with Crippen molar-refractivity contribution in [3.63, 3.8) is 0 Å². The summed E-state index contributed by atoms with van der Waals surface area (Å²) in [5, 5.41) is 0. The van der Waals surface area contributed by atoms with Gasteiger partial charge in [0, 0.05) is 13.6 Å². The lowest BCUT2D eigenvalue weighted by atomic mass is 9.87. The number of amides is 1. The molecule has 2 aromatic rings. The predicted molar refractivity (Wildman–Crippen MR) is 80.8 cm³/mol. The van der Waals surface area contributed by atoms with E-state index < -0.39 is 0 Å². The van der Waals surface area contributed by atoms with Crippen molar-refractivity contribution in [1.29, 1.82) is 0 Å². The van der Waals surface area contributed by atoms with Crippen LogP contribution in [0.4, 0.5) is 0 Å². The second kappa shape index (κ2) is 5.12. The fourth-order valence-electron chi connectivity index (χ4n) is 2.88. The Morgan fingerprint density at radius 3 is 2.50 bits per heavy atom. The van der Waals surface area contributed by atoms with E-state index in [2.05, 4.69) is 49.4 Å². The average Bonchev–Trinajstić information content (AvgIpc) is 2.59. The number of aryl methyl sites for hydroxylation is 1. The van der Waals surface area contributed by atoms with Gasteiger partial charge in [-0.2, -0.15) is 0 Å². The Morgan fingerprint density at radius 2 is 1.75 bits per heavy atom. The molecule has 0 N–H and O–H groups in total. The topological polar surface area (TPSA) is 20.3 Å². The first-order valence-corrected chi connectivity index (χ1v) is 7.06. The predicted octanol–water partition coefficient (Wildman–Crippen LogP) is 3.14. The number of benzene rings is 2. The molecule has 0 saturated carbocycles. The van der Waals surface area contributed by atoms with Crippen molar-refractivity contribution in [2.24, 2.45) is 0 Å².